The van der Waals surface area contributed by atoms with E-state index in [2.05, 4.69) is 4.74 Å². The molecule has 0 unspecified atom stereocenters. The largest absolute Gasteiger partial charge is 0.573 e. The number of benzene rings is 1. The number of hydrogen-bond acceptors (Lipinski definition) is 3. The molecule has 0 amide bonds. The van der Waals surface area contributed by atoms with Crippen LogP contribution in [0.1, 0.15) is 24.5 Å². The second-order valence-corrected chi connectivity index (χ2v) is 3.99. The third kappa shape index (κ3) is 3.22. The molecule has 1 aliphatic heterocycles. The van der Waals surface area contributed by atoms with Gasteiger partial charge < -0.3 is 14.3 Å². The average Bonchev–Trinajstić information content (AvgIpc) is 2.76. The minimum atomic E-state index is -4.69. The van der Waals surface area contributed by atoms with Crippen molar-refractivity contribution in [3.63, 3.8) is 0 Å². The summed E-state index contributed by atoms with van der Waals surface area (Å²) in [7, 11) is 0. The molecule has 0 N–H and O–H groups in total. The van der Waals surface area contributed by atoms with Crippen molar-refractivity contribution in [3.05, 3.63) is 29.8 Å². The van der Waals surface area contributed by atoms with Crippen LogP contribution in [0.3, 0.4) is 0 Å². The highest BCUT2D eigenvalue weighted by atomic mass is 19.4. The fraction of sp³-hybridized carbons (Fsp3) is 0.417. The average molecular weight is 260 g/mol. The van der Waals surface area contributed by atoms with Crippen LogP contribution in [0.15, 0.2) is 24.3 Å². The fourth-order valence-electron chi connectivity index (χ4n) is 1.89. The van der Waals surface area contributed by atoms with Gasteiger partial charge in [0, 0.05) is 0 Å². The van der Waals surface area contributed by atoms with Gasteiger partial charge >= 0.3 is 6.36 Å². The Hall–Kier alpha value is -1.56. The predicted molar refractivity (Wildman–Crippen MR) is 56.0 cm³/mol. The molecule has 2 atom stereocenters. The zero-order chi connectivity index (χ0) is 13.2. The molecular formula is C12H11F3O3. The van der Waals surface area contributed by atoms with E-state index in [1.807, 2.05) is 0 Å². The van der Waals surface area contributed by atoms with E-state index in [-0.39, 0.29) is 11.9 Å². The number of rotatable bonds is 3. The number of aldehydes is 1. The minimum Gasteiger partial charge on any atom is -0.406 e. The molecule has 3 nitrogen and oxygen atoms in total. The van der Waals surface area contributed by atoms with E-state index in [9.17, 15) is 18.0 Å². The van der Waals surface area contributed by atoms with Crippen LogP contribution in [-0.4, -0.2) is 18.8 Å². The van der Waals surface area contributed by atoms with Gasteiger partial charge in [-0.3, -0.25) is 0 Å². The molecule has 18 heavy (non-hydrogen) atoms. The molecule has 0 spiro atoms. The molecule has 1 aromatic rings. The summed E-state index contributed by atoms with van der Waals surface area (Å²) in [6, 6.07) is 5.50. The van der Waals surface area contributed by atoms with Crippen LogP contribution < -0.4 is 4.74 Å². The van der Waals surface area contributed by atoms with Gasteiger partial charge in [0.15, 0.2) is 0 Å². The number of carbonyl (C=O) groups excluding carboxylic acids is 1. The highest BCUT2D eigenvalue weighted by molar-refractivity contribution is 5.56. The summed E-state index contributed by atoms with van der Waals surface area (Å²) in [6.07, 6.45) is -3.28. The highest BCUT2D eigenvalue weighted by Gasteiger charge is 2.31. The van der Waals surface area contributed by atoms with Gasteiger partial charge in [-0.25, -0.2) is 0 Å². The summed E-state index contributed by atoms with van der Waals surface area (Å²) in [6.45, 7) is 0. The normalized spacial score (nSPS) is 23.9. The summed E-state index contributed by atoms with van der Waals surface area (Å²) in [5.41, 5.74) is 0.744. The topological polar surface area (TPSA) is 35.5 Å². The Kier molecular flexibility index (Phi) is 3.56. The lowest BCUT2D eigenvalue weighted by Gasteiger charge is -2.12. The van der Waals surface area contributed by atoms with Gasteiger partial charge in [-0.1, -0.05) is 12.1 Å². The van der Waals surface area contributed by atoms with Gasteiger partial charge in [-0.05, 0) is 30.5 Å². The van der Waals surface area contributed by atoms with E-state index in [4.69, 9.17) is 4.74 Å². The maximum absolute atomic E-state index is 12.0. The number of alkyl halides is 3. The summed E-state index contributed by atoms with van der Waals surface area (Å²) < 4.78 is 45.0. The van der Waals surface area contributed by atoms with Gasteiger partial charge in [0.25, 0.3) is 0 Å². The summed E-state index contributed by atoms with van der Waals surface area (Å²) in [5, 5.41) is 0. The molecule has 1 heterocycles. The minimum absolute atomic E-state index is 0.236. The van der Waals surface area contributed by atoms with Crippen LogP contribution >= 0.6 is 0 Å². The third-order valence-corrected chi connectivity index (χ3v) is 2.69. The SMILES string of the molecule is O=C[C@H]1CC[C@@H](c2ccc(OC(F)(F)F)cc2)O1. The zero-order valence-corrected chi connectivity index (χ0v) is 9.31. The van der Waals surface area contributed by atoms with Crippen molar-refractivity contribution in [1.82, 2.24) is 0 Å². The number of halogens is 3. The molecule has 1 aliphatic rings. The van der Waals surface area contributed by atoms with Crippen molar-refractivity contribution >= 4 is 6.29 Å². The Balaban J connectivity index is 2.02. The third-order valence-electron chi connectivity index (χ3n) is 2.69. The Labute approximate surface area is 102 Å². The Morgan fingerprint density at radius 3 is 2.39 bits per heavy atom. The van der Waals surface area contributed by atoms with E-state index in [1.54, 1.807) is 0 Å². The van der Waals surface area contributed by atoms with Crippen molar-refractivity contribution in [2.75, 3.05) is 0 Å². The van der Waals surface area contributed by atoms with E-state index < -0.39 is 12.5 Å². The molecule has 1 aromatic carbocycles. The Bertz CT molecular complexity index is 414. The molecule has 0 radical (unpaired) electrons. The molecule has 1 saturated heterocycles. The molecule has 0 bridgehead atoms. The van der Waals surface area contributed by atoms with Crippen LogP contribution in [0.5, 0.6) is 5.75 Å². The van der Waals surface area contributed by atoms with E-state index in [1.165, 1.54) is 24.3 Å². The molecule has 98 valence electrons. The van der Waals surface area contributed by atoms with Gasteiger partial charge in [0.05, 0.1) is 6.10 Å². The molecule has 6 heteroatoms. The maximum atomic E-state index is 12.0. The molecule has 0 aliphatic carbocycles. The van der Waals surface area contributed by atoms with Gasteiger partial charge in [0.1, 0.15) is 18.1 Å². The Morgan fingerprint density at radius 1 is 1.22 bits per heavy atom. The first-order valence-electron chi connectivity index (χ1n) is 5.44. The fourth-order valence-corrected chi connectivity index (χ4v) is 1.89. The molecule has 0 aromatic heterocycles. The molecular weight excluding hydrogens is 249 g/mol. The summed E-state index contributed by atoms with van der Waals surface area (Å²) in [4.78, 5) is 10.5. The number of ether oxygens (including phenoxy) is 2. The monoisotopic (exact) mass is 260 g/mol. The molecule has 2 rings (SSSR count). The lowest BCUT2D eigenvalue weighted by atomic mass is 10.1. The predicted octanol–water partition coefficient (Wildman–Crippen LogP) is 3.00. The molecule has 0 saturated carbocycles. The first-order valence-corrected chi connectivity index (χ1v) is 5.44. The van der Waals surface area contributed by atoms with Crippen LogP contribution in [-0.2, 0) is 9.53 Å². The van der Waals surface area contributed by atoms with Crippen molar-refractivity contribution in [2.45, 2.75) is 31.4 Å². The summed E-state index contributed by atoms with van der Waals surface area (Å²) >= 11 is 0. The lowest BCUT2D eigenvalue weighted by molar-refractivity contribution is -0.274. The van der Waals surface area contributed by atoms with Gasteiger partial charge in [0.2, 0.25) is 0 Å². The van der Waals surface area contributed by atoms with Crippen LogP contribution in [0.2, 0.25) is 0 Å². The van der Waals surface area contributed by atoms with Crippen molar-refractivity contribution in [3.8, 4) is 5.75 Å². The van der Waals surface area contributed by atoms with Crippen molar-refractivity contribution in [1.29, 1.82) is 0 Å². The first-order chi connectivity index (χ1) is 8.48. The maximum Gasteiger partial charge on any atom is 0.573 e. The second-order valence-electron chi connectivity index (χ2n) is 3.99. The van der Waals surface area contributed by atoms with Crippen LogP contribution in [0.25, 0.3) is 0 Å². The van der Waals surface area contributed by atoms with Crippen LogP contribution in [0, 0.1) is 0 Å². The standard InChI is InChI=1S/C12H11F3O3/c13-12(14,15)18-9-3-1-8(2-4-9)11-6-5-10(7-16)17-11/h1-4,7,10-11H,5-6H2/t10-,11+/m1/s1. The van der Waals surface area contributed by atoms with E-state index >= 15 is 0 Å². The summed E-state index contributed by atoms with van der Waals surface area (Å²) in [5.74, 6) is -0.267. The van der Waals surface area contributed by atoms with Gasteiger partial charge in [-0.15, -0.1) is 13.2 Å². The first kappa shape index (κ1) is 12.9. The quantitative estimate of drug-likeness (QED) is 0.784. The van der Waals surface area contributed by atoms with Gasteiger partial charge in [-0.2, -0.15) is 0 Å². The number of hydrogen-bond donors (Lipinski definition) is 0. The zero-order valence-electron chi connectivity index (χ0n) is 9.31. The second kappa shape index (κ2) is 4.97. The molecule has 1 fully saturated rings. The van der Waals surface area contributed by atoms with Crippen LogP contribution in [0.4, 0.5) is 13.2 Å². The number of carbonyl (C=O) groups is 1. The van der Waals surface area contributed by atoms with Crippen molar-refractivity contribution in [2.24, 2.45) is 0 Å². The lowest BCUT2D eigenvalue weighted by Crippen LogP contribution is -2.17. The van der Waals surface area contributed by atoms with E-state index in [0.29, 0.717) is 12.8 Å². The highest BCUT2D eigenvalue weighted by Crippen LogP contribution is 2.33. The van der Waals surface area contributed by atoms with E-state index in [0.717, 1.165) is 11.8 Å². The smallest absolute Gasteiger partial charge is 0.406 e. The Morgan fingerprint density at radius 2 is 1.89 bits per heavy atom. The van der Waals surface area contributed by atoms with Crippen molar-refractivity contribution < 1.29 is 27.4 Å².